The Morgan fingerprint density at radius 1 is 1.45 bits per heavy atom. The molecule has 0 spiro atoms. The average Bonchev–Trinajstić information content (AvgIpc) is 2.78. The summed E-state index contributed by atoms with van der Waals surface area (Å²) in [6.07, 6.45) is 3.38. The fraction of sp³-hybridized carbons (Fsp3) is 0.571. The molecule has 1 fully saturated rings. The molecule has 1 heterocycles. The number of hydrogen-bond acceptors (Lipinski definition) is 5. The number of esters is 1. The molecule has 1 aliphatic rings. The van der Waals surface area contributed by atoms with Crippen molar-refractivity contribution in [3.05, 3.63) is 11.8 Å². The number of primary amides is 1. The third-order valence-electron chi connectivity index (χ3n) is 3.79. The van der Waals surface area contributed by atoms with E-state index in [9.17, 15) is 14.4 Å². The van der Waals surface area contributed by atoms with Gasteiger partial charge in [-0.25, -0.2) is 4.68 Å². The molecule has 1 atom stereocenters. The first-order chi connectivity index (χ1) is 10.3. The van der Waals surface area contributed by atoms with E-state index in [0.717, 1.165) is 19.3 Å². The van der Waals surface area contributed by atoms with Crippen molar-refractivity contribution in [3.8, 4) is 0 Å². The first-order valence-corrected chi connectivity index (χ1v) is 7.15. The number of hydrogen-bond donors (Lipinski definition) is 1. The predicted octanol–water partition coefficient (Wildman–Crippen LogP) is 0.621. The molecule has 0 bridgehead atoms. The molecule has 1 saturated carbocycles. The summed E-state index contributed by atoms with van der Waals surface area (Å²) in [6, 6.07) is 0.155. The highest BCUT2D eigenvalue weighted by Crippen LogP contribution is 2.35. The zero-order valence-corrected chi connectivity index (χ0v) is 12.9. The highest BCUT2D eigenvalue weighted by molar-refractivity contribution is 6.04. The molecule has 120 valence electrons. The van der Waals surface area contributed by atoms with Crippen LogP contribution in [0.2, 0.25) is 0 Å². The van der Waals surface area contributed by atoms with Crippen molar-refractivity contribution in [2.45, 2.75) is 45.3 Å². The van der Waals surface area contributed by atoms with Crippen molar-refractivity contribution in [1.29, 1.82) is 0 Å². The summed E-state index contributed by atoms with van der Waals surface area (Å²) in [5, 5.41) is 4.20. The van der Waals surface area contributed by atoms with Gasteiger partial charge in [0.05, 0.1) is 12.2 Å². The van der Waals surface area contributed by atoms with Gasteiger partial charge in [0.15, 0.2) is 6.10 Å². The number of aromatic nitrogens is 2. The summed E-state index contributed by atoms with van der Waals surface area (Å²) < 4.78 is 6.55. The van der Waals surface area contributed by atoms with Crippen LogP contribution in [0.4, 0.5) is 5.82 Å². The van der Waals surface area contributed by atoms with Crippen LogP contribution in [-0.2, 0) is 14.3 Å². The number of carbonyl (C=O) groups is 3. The van der Waals surface area contributed by atoms with Gasteiger partial charge in [0.2, 0.25) is 0 Å². The van der Waals surface area contributed by atoms with Crippen molar-refractivity contribution in [3.63, 3.8) is 0 Å². The zero-order chi connectivity index (χ0) is 16.4. The predicted molar refractivity (Wildman–Crippen MR) is 78.3 cm³/mol. The number of anilines is 1. The molecule has 8 heteroatoms. The zero-order valence-electron chi connectivity index (χ0n) is 12.9. The lowest BCUT2D eigenvalue weighted by Crippen LogP contribution is -2.40. The van der Waals surface area contributed by atoms with Crippen LogP contribution in [0.3, 0.4) is 0 Å². The molecular weight excluding hydrogens is 288 g/mol. The van der Waals surface area contributed by atoms with Crippen LogP contribution in [0.15, 0.2) is 6.20 Å². The lowest BCUT2D eigenvalue weighted by atomic mass is 9.93. The van der Waals surface area contributed by atoms with E-state index in [0.29, 0.717) is 5.82 Å². The lowest BCUT2D eigenvalue weighted by molar-refractivity contribution is -0.151. The van der Waals surface area contributed by atoms with Gasteiger partial charge in [-0.15, -0.1) is 0 Å². The van der Waals surface area contributed by atoms with E-state index in [-0.39, 0.29) is 11.6 Å². The molecule has 1 aliphatic carbocycles. The maximum Gasteiger partial charge on any atom is 0.303 e. The normalized spacial score (nSPS) is 15.8. The molecule has 22 heavy (non-hydrogen) atoms. The van der Waals surface area contributed by atoms with Crippen LogP contribution in [0.25, 0.3) is 0 Å². The number of ether oxygens (including phenoxy) is 1. The maximum atomic E-state index is 12.4. The standard InChI is InChI=1S/C14H20N4O4/c1-8(22-9(2)19)14(21)17(3)13-11(12(15)20)7-16-18(13)10-5-4-6-10/h7-8,10H,4-6H2,1-3H3,(H2,15,20)/t8-/m0/s1. The number of nitrogens with two attached hydrogens (primary N) is 1. The van der Waals surface area contributed by atoms with Gasteiger partial charge >= 0.3 is 5.97 Å². The second-order valence-corrected chi connectivity index (χ2v) is 5.42. The number of rotatable bonds is 5. The van der Waals surface area contributed by atoms with Crippen LogP contribution in [0.1, 0.15) is 49.5 Å². The van der Waals surface area contributed by atoms with E-state index in [4.69, 9.17) is 10.5 Å². The Hall–Kier alpha value is -2.38. The number of carbonyl (C=O) groups excluding carboxylic acids is 3. The monoisotopic (exact) mass is 308 g/mol. The SMILES string of the molecule is CC(=O)O[C@@H](C)C(=O)N(C)c1c(C(N)=O)cnn1C1CCC1. The van der Waals surface area contributed by atoms with Crippen molar-refractivity contribution in [1.82, 2.24) is 9.78 Å². The van der Waals surface area contributed by atoms with Crippen molar-refractivity contribution >= 4 is 23.6 Å². The van der Waals surface area contributed by atoms with E-state index >= 15 is 0 Å². The van der Waals surface area contributed by atoms with E-state index in [1.54, 1.807) is 4.68 Å². The van der Waals surface area contributed by atoms with Crippen molar-refractivity contribution in [2.24, 2.45) is 5.73 Å². The van der Waals surface area contributed by atoms with Crippen LogP contribution < -0.4 is 10.6 Å². The molecule has 0 aliphatic heterocycles. The first-order valence-electron chi connectivity index (χ1n) is 7.15. The van der Waals surface area contributed by atoms with Gasteiger partial charge in [-0.2, -0.15) is 5.10 Å². The van der Waals surface area contributed by atoms with Crippen LogP contribution >= 0.6 is 0 Å². The summed E-state index contributed by atoms with van der Waals surface area (Å²) in [5.74, 6) is -1.29. The summed E-state index contributed by atoms with van der Waals surface area (Å²) >= 11 is 0. The van der Waals surface area contributed by atoms with Gasteiger partial charge in [-0.3, -0.25) is 19.3 Å². The molecule has 2 rings (SSSR count). The van der Waals surface area contributed by atoms with Crippen molar-refractivity contribution < 1.29 is 19.1 Å². The Bertz CT molecular complexity index is 606. The van der Waals surface area contributed by atoms with Gasteiger partial charge in [0, 0.05) is 14.0 Å². The van der Waals surface area contributed by atoms with Crippen LogP contribution in [-0.4, -0.2) is 40.7 Å². The molecule has 1 aromatic rings. The molecule has 0 unspecified atom stereocenters. The number of likely N-dealkylation sites (N-methyl/N-ethyl adjacent to an activating group) is 1. The Balaban J connectivity index is 2.32. The van der Waals surface area contributed by atoms with Gasteiger partial charge in [0.1, 0.15) is 11.4 Å². The molecule has 2 amide bonds. The van der Waals surface area contributed by atoms with Gasteiger partial charge in [-0.05, 0) is 26.2 Å². The van der Waals surface area contributed by atoms with Crippen LogP contribution in [0.5, 0.6) is 0 Å². The fourth-order valence-electron chi connectivity index (χ4n) is 2.44. The highest BCUT2D eigenvalue weighted by atomic mass is 16.5. The van der Waals surface area contributed by atoms with Crippen molar-refractivity contribution in [2.75, 3.05) is 11.9 Å². The topological polar surface area (TPSA) is 108 Å². The second-order valence-electron chi connectivity index (χ2n) is 5.42. The minimum absolute atomic E-state index is 0.155. The molecular formula is C14H20N4O4. The first kappa shape index (κ1) is 16.0. The Morgan fingerprint density at radius 3 is 2.55 bits per heavy atom. The maximum absolute atomic E-state index is 12.4. The van der Waals surface area contributed by atoms with Crippen LogP contribution in [0, 0.1) is 0 Å². The summed E-state index contributed by atoms with van der Waals surface area (Å²) in [7, 11) is 1.51. The van der Waals surface area contributed by atoms with E-state index in [1.807, 2.05) is 0 Å². The molecule has 2 N–H and O–H groups in total. The quantitative estimate of drug-likeness (QED) is 0.802. The van der Waals surface area contributed by atoms with E-state index in [2.05, 4.69) is 5.10 Å². The third kappa shape index (κ3) is 2.95. The minimum Gasteiger partial charge on any atom is -0.453 e. The Kier molecular flexibility index (Phi) is 4.48. The molecule has 8 nitrogen and oxygen atoms in total. The Morgan fingerprint density at radius 2 is 2.09 bits per heavy atom. The van der Waals surface area contributed by atoms with E-state index in [1.165, 1.54) is 32.0 Å². The van der Waals surface area contributed by atoms with Gasteiger partial charge < -0.3 is 10.5 Å². The minimum atomic E-state index is -0.951. The largest absolute Gasteiger partial charge is 0.453 e. The third-order valence-corrected chi connectivity index (χ3v) is 3.79. The number of amides is 2. The average molecular weight is 308 g/mol. The highest BCUT2D eigenvalue weighted by Gasteiger charge is 2.31. The molecule has 0 aromatic carbocycles. The lowest BCUT2D eigenvalue weighted by Gasteiger charge is -2.30. The summed E-state index contributed by atoms with van der Waals surface area (Å²) in [6.45, 7) is 2.71. The molecule has 0 saturated heterocycles. The Labute approximate surface area is 128 Å². The van der Waals surface area contributed by atoms with Gasteiger partial charge in [-0.1, -0.05) is 0 Å². The summed E-state index contributed by atoms with van der Waals surface area (Å²) in [5.41, 5.74) is 5.55. The molecule has 1 aromatic heterocycles. The molecule has 0 radical (unpaired) electrons. The number of nitrogens with zero attached hydrogens (tertiary/aromatic N) is 3. The smallest absolute Gasteiger partial charge is 0.303 e. The van der Waals surface area contributed by atoms with Gasteiger partial charge in [0.25, 0.3) is 11.8 Å². The fourth-order valence-corrected chi connectivity index (χ4v) is 2.44. The summed E-state index contributed by atoms with van der Waals surface area (Å²) in [4.78, 5) is 36.2. The second kappa shape index (κ2) is 6.17. The van der Waals surface area contributed by atoms with E-state index < -0.39 is 23.9 Å².